The molecule has 0 aliphatic carbocycles. The number of aromatic nitrogens is 2. The van der Waals surface area contributed by atoms with E-state index in [1.807, 2.05) is 0 Å². The van der Waals surface area contributed by atoms with Gasteiger partial charge in [-0.25, -0.2) is 4.98 Å². The third-order valence-corrected chi connectivity index (χ3v) is 5.27. The number of rotatable bonds is 5. The van der Waals surface area contributed by atoms with Gasteiger partial charge in [0.15, 0.2) is 0 Å². The van der Waals surface area contributed by atoms with Gasteiger partial charge in [0.2, 0.25) is 0 Å². The van der Waals surface area contributed by atoms with E-state index in [4.69, 9.17) is 4.98 Å². The van der Waals surface area contributed by atoms with Crippen molar-refractivity contribution in [2.24, 2.45) is 5.92 Å². The number of nitrogens with zero attached hydrogens (tertiary/aromatic N) is 3. The van der Waals surface area contributed by atoms with Crippen molar-refractivity contribution in [3.05, 3.63) is 39.9 Å². The van der Waals surface area contributed by atoms with Crippen LogP contribution < -0.4 is 10.9 Å². The zero-order valence-electron chi connectivity index (χ0n) is 16.8. The Kier molecular flexibility index (Phi) is 5.95. The minimum absolute atomic E-state index is 0.00706. The molecule has 2 heterocycles. The van der Waals surface area contributed by atoms with E-state index < -0.39 is 0 Å². The van der Waals surface area contributed by atoms with Gasteiger partial charge in [-0.2, -0.15) is 0 Å². The van der Waals surface area contributed by atoms with Gasteiger partial charge in [-0.1, -0.05) is 13.8 Å². The van der Waals surface area contributed by atoms with Gasteiger partial charge in [0.1, 0.15) is 5.82 Å². The Bertz CT molecular complexity index is 886. The highest BCUT2D eigenvalue weighted by molar-refractivity contribution is 5.97. The second-order valence-electron chi connectivity index (χ2n) is 8.03. The highest BCUT2D eigenvalue weighted by Crippen LogP contribution is 2.15. The predicted molar refractivity (Wildman–Crippen MR) is 108 cm³/mol. The van der Waals surface area contributed by atoms with Crippen molar-refractivity contribution in [1.29, 1.82) is 0 Å². The molecule has 2 aromatic rings. The molecule has 1 aliphatic rings. The van der Waals surface area contributed by atoms with Gasteiger partial charge in [-0.15, -0.1) is 0 Å². The SMILES string of the molecule is CC(C)CCNC(=O)c1ccc2c(=O)n3c(nc2c1)CCN(C(C)C)CC3. The Morgan fingerprint density at radius 1 is 1.19 bits per heavy atom. The minimum Gasteiger partial charge on any atom is -0.352 e. The largest absolute Gasteiger partial charge is 0.352 e. The summed E-state index contributed by atoms with van der Waals surface area (Å²) in [5.74, 6) is 1.25. The standard InChI is InChI=1S/C21H30N4O2/c1-14(2)7-9-22-20(26)16-5-6-17-18(13-16)23-19-8-10-24(15(3)4)11-12-25(19)21(17)27/h5-6,13-15H,7-12H2,1-4H3,(H,22,26). The predicted octanol–water partition coefficient (Wildman–Crippen LogP) is 2.44. The van der Waals surface area contributed by atoms with Gasteiger partial charge >= 0.3 is 0 Å². The van der Waals surface area contributed by atoms with Crippen molar-refractivity contribution >= 4 is 16.8 Å². The average molecular weight is 370 g/mol. The molecular formula is C21H30N4O2. The second kappa shape index (κ2) is 8.21. The number of carbonyl (C=O) groups excluding carboxylic acids is 1. The Morgan fingerprint density at radius 3 is 2.67 bits per heavy atom. The van der Waals surface area contributed by atoms with E-state index in [1.54, 1.807) is 22.8 Å². The molecule has 6 heteroatoms. The number of hydrogen-bond donors (Lipinski definition) is 1. The molecule has 0 saturated carbocycles. The molecule has 1 N–H and O–H groups in total. The van der Waals surface area contributed by atoms with Crippen molar-refractivity contribution in [3.8, 4) is 0 Å². The van der Waals surface area contributed by atoms with Crippen molar-refractivity contribution in [3.63, 3.8) is 0 Å². The van der Waals surface area contributed by atoms with Crippen LogP contribution in [-0.2, 0) is 13.0 Å². The van der Waals surface area contributed by atoms with Gasteiger partial charge in [0, 0.05) is 44.2 Å². The summed E-state index contributed by atoms with van der Waals surface area (Å²) in [5, 5.41) is 3.52. The van der Waals surface area contributed by atoms with Crippen LogP contribution in [0.3, 0.4) is 0 Å². The minimum atomic E-state index is -0.111. The van der Waals surface area contributed by atoms with Gasteiger partial charge < -0.3 is 5.32 Å². The Balaban J connectivity index is 1.88. The quantitative estimate of drug-likeness (QED) is 0.878. The normalized spacial score (nSPS) is 15.2. The third kappa shape index (κ3) is 4.38. The van der Waals surface area contributed by atoms with Crippen molar-refractivity contribution < 1.29 is 4.79 Å². The van der Waals surface area contributed by atoms with Crippen LogP contribution >= 0.6 is 0 Å². The molecule has 0 fully saturated rings. The Morgan fingerprint density at radius 2 is 1.96 bits per heavy atom. The zero-order valence-corrected chi connectivity index (χ0v) is 16.8. The van der Waals surface area contributed by atoms with Gasteiger partial charge in [-0.05, 0) is 44.4 Å². The van der Waals surface area contributed by atoms with E-state index in [9.17, 15) is 9.59 Å². The van der Waals surface area contributed by atoms with Crippen LogP contribution in [0, 0.1) is 5.92 Å². The first kappa shape index (κ1) is 19.5. The fourth-order valence-corrected chi connectivity index (χ4v) is 3.51. The van der Waals surface area contributed by atoms with Gasteiger partial charge in [0.05, 0.1) is 10.9 Å². The van der Waals surface area contributed by atoms with Crippen molar-refractivity contribution in [2.45, 2.75) is 53.1 Å². The second-order valence-corrected chi connectivity index (χ2v) is 8.03. The first-order valence-electron chi connectivity index (χ1n) is 9.92. The highest BCUT2D eigenvalue weighted by Gasteiger charge is 2.19. The maximum Gasteiger partial charge on any atom is 0.261 e. The molecule has 146 valence electrons. The molecule has 1 aliphatic heterocycles. The number of carbonyl (C=O) groups is 1. The first-order chi connectivity index (χ1) is 12.9. The van der Waals surface area contributed by atoms with Gasteiger partial charge in [0.25, 0.3) is 11.5 Å². The summed E-state index contributed by atoms with van der Waals surface area (Å²) in [6.07, 6.45) is 1.69. The molecule has 0 unspecified atom stereocenters. The maximum atomic E-state index is 12.9. The van der Waals surface area contributed by atoms with Crippen molar-refractivity contribution in [1.82, 2.24) is 19.8 Å². The molecular weight excluding hydrogens is 340 g/mol. The molecule has 3 rings (SSSR count). The van der Waals surface area contributed by atoms with Crippen LogP contribution in [0.15, 0.2) is 23.0 Å². The summed E-state index contributed by atoms with van der Waals surface area (Å²) < 4.78 is 1.80. The monoisotopic (exact) mass is 370 g/mol. The lowest BCUT2D eigenvalue weighted by Crippen LogP contribution is -2.34. The van der Waals surface area contributed by atoms with E-state index in [1.165, 1.54) is 0 Å². The van der Waals surface area contributed by atoms with Crippen LogP contribution in [0.4, 0.5) is 0 Å². The summed E-state index contributed by atoms with van der Waals surface area (Å²) in [7, 11) is 0. The molecule has 27 heavy (non-hydrogen) atoms. The molecule has 6 nitrogen and oxygen atoms in total. The lowest BCUT2D eigenvalue weighted by atomic mass is 10.1. The van der Waals surface area contributed by atoms with E-state index in [0.717, 1.165) is 31.8 Å². The molecule has 1 amide bonds. The number of amides is 1. The number of hydrogen-bond acceptors (Lipinski definition) is 4. The molecule has 0 spiro atoms. The smallest absolute Gasteiger partial charge is 0.261 e. The lowest BCUT2D eigenvalue weighted by Gasteiger charge is -2.23. The number of benzene rings is 1. The van der Waals surface area contributed by atoms with E-state index in [0.29, 0.717) is 41.5 Å². The van der Waals surface area contributed by atoms with Crippen LogP contribution in [0.25, 0.3) is 10.9 Å². The summed E-state index contributed by atoms with van der Waals surface area (Å²) in [4.78, 5) is 32.4. The summed E-state index contributed by atoms with van der Waals surface area (Å²) >= 11 is 0. The Hall–Kier alpha value is -2.21. The van der Waals surface area contributed by atoms with Crippen LogP contribution in [0.2, 0.25) is 0 Å². The lowest BCUT2D eigenvalue weighted by molar-refractivity contribution is 0.0952. The van der Waals surface area contributed by atoms with Gasteiger partial charge in [-0.3, -0.25) is 19.1 Å². The first-order valence-corrected chi connectivity index (χ1v) is 9.92. The summed E-state index contributed by atoms with van der Waals surface area (Å²) in [6.45, 7) is 11.7. The number of nitrogens with one attached hydrogen (secondary N) is 1. The molecule has 0 radical (unpaired) electrons. The molecule has 1 aromatic carbocycles. The molecule has 0 bridgehead atoms. The maximum absolute atomic E-state index is 12.9. The average Bonchev–Trinajstić information content (AvgIpc) is 2.84. The Labute approximate surface area is 160 Å². The topological polar surface area (TPSA) is 67.2 Å². The van der Waals surface area contributed by atoms with Crippen LogP contribution in [0.1, 0.15) is 50.3 Å². The van der Waals surface area contributed by atoms with Crippen molar-refractivity contribution in [2.75, 3.05) is 19.6 Å². The third-order valence-electron chi connectivity index (χ3n) is 5.27. The van der Waals surface area contributed by atoms with Crippen LogP contribution in [-0.4, -0.2) is 46.0 Å². The highest BCUT2D eigenvalue weighted by atomic mass is 16.1. The fraction of sp³-hybridized carbons (Fsp3) is 0.571. The van der Waals surface area contributed by atoms with E-state index in [2.05, 4.69) is 37.9 Å². The summed E-state index contributed by atoms with van der Waals surface area (Å²) in [6, 6.07) is 5.65. The molecule has 0 saturated heterocycles. The number of fused-ring (bicyclic) bond motifs is 2. The summed E-state index contributed by atoms with van der Waals surface area (Å²) in [5.41, 5.74) is 1.16. The fourth-order valence-electron chi connectivity index (χ4n) is 3.51. The van der Waals surface area contributed by atoms with E-state index >= 15 is 0 Å². The van der Waals surface area contributed by atoms with E-state index in [-0.39, 0.29) is 11.5 Å². The molecule has 0 atom stereocenters. The zero-order chi connectivity index (χ0) is 19.6. The molecule has 1 aromatic heterocycles. The van der Waals surface area contributed by atoms with Crippen LogP contribution in [0.5, 0.6) is 0 Å².